The maximum Gasteiger partial charge on any atom is 0.472 e. The van der Waals surface area contributed by atoms with Gasteiger partial charge >= 0.3 is 39.5 Å². The van der Waals surface area contributed by atoms with Crippen LogP contribution in [0, 0.1) is 0 Å². The lowest BCUT2D eigenvalue weighted by molar-refractivity contribution is -0.161. The highest BCUT2D eigenvalue weighted by Crippen LogP contribution is 2.45. The Morgan fingerprint density at radius 1 is 0.235 bits per heavy atom. The number of aliphatic hydroxyl groups excluding tert-OH is 1. The van der Waals surface area contributed by atoms with Gasteiger partial charge in [0.25, 0.3) is 0 Å². The van der Waals surface area contributed by atoms with Gasteiger partial charge in [-0.25, -0.2) is 9.13 Å². The fraction of sp³-hybridized carbons (Fsp3) is 0.952. The minimum atomic E-state index is -4.96. The van der Waals surface area contributed by atoms with E-state index in [2.05, 4.69) is 27.7 Å². The van der Waals surface area contributed by atoms with Crippen molar-refractivity contribution in [2.45, 2.75) is 470 Å². The zero-order chi connectivity index (χ0) is 74.6. The summed E-state index contributed by atoms with van der Waals surface area (Å²) in [5.74, 6) is -2.11. The van der Waals surface area contributed by atoms with Gasteiger partial charge in [0.1, 0.15) is 19.3 Å². The minimum absolute atomic E-state index is 0.109. The van der Waals surface area contributed by atoms with Crippen LogP contribution in [0.25, 0.3) is 0 Å². The Hall–Kier alpha value is -1.94. The highest BCUT2D eigenvalue weighted by Gasteiger charge is 2.30. The lowest BCUT2D eigenvalue weighted by atomic mass is 10.0. The number of rotatable bonds is 84. The van der Waals surface area contributed by atoms with E-state index in [0.29, 0.717) is 25.7 Å². The van der Waals surface area contributed by atoms with Crippen molar-refractivity contribution in [3.05, 3.63) is 0 Å². The van der Waals surface area contributed by atoms with Crippen LogP contribution >= 0.6 is 15.6 Å². The van der Waals surface area contributed by atoms with Crippen LogP contribution in [-0.4, -0.2) is 96.7 Å². The summed E-state index contributed by atoms with van der Waals surface area (Å²) in [4.78, 5) is 72.9. The minimum Gasteiger partial charge on any atom is -0.462 e. The fourth-order valence-electron chi connectivity index (χ4n) is 13.0. The Kier molecular flexibility index (Phi) is 75.8. The van der Waals surface area contributed by atoms with E-state index in [1.807, 2.05) is 0 Å². The van der Waals surface area contributed by atoms with Crippen LogP contribution in [0.2, 0.25) is 0 Å². The molecule has 0 aliphatic rings. The summed E-state index contributed by atoms with van der Waals surface area (Å²) < 4.78 is 68.7. The number of carbonyl (C=O) groups excluding carboxylic acids is 4. The predicted molar refractivity (Wildman–Crippen MR) is 419 cm³/mol. The van der Waals surface area contributed by atoms with Crippen LogP contribution in [0.1, 0.15) is 451 Å². The van der Waals surface area contributed by atoms with Crippen LogP contribution in [0.15, 0.2) is 0 Å². The van der Waals surface area contributed by atoms with Gasteiger partial charge < -0.3 is 33.8 Å². The molecule has 0 aromatic carbocycles. The maximum atomic E-state index is 13.1. The van der Waals surface area contributed by atoms with Gasteiger partial charge in [-0.15, -0.1) is 0 Å². The summed E-state index contributed by atoms with van der Waals surface area (Å²) in [6.07, 6.45) is 71.0. The van der Waals surface area contributed by atoms with Crippen LogP contribution < -0.4 is 0 Å². The topological polar surface area (TPSA) is 237 Å². The molecule has 0 aliphatic heterocycles. The molecule has 0 heterocycles. The average Bonchev–Trinajstić information content (AvgIpc) is 0.956. The second-order valence-corrected chi connectivity index (χ2v) is 32.8. The van der Waals surface area contributed by atoms with E-state index in [9.17, 15) is 43.2 Å². The Balaban J connectivity index is 5.16. The van der Waals surface area contributed by atoms with E-state index >= 15 is 0 Å². The fourth-order valence-corrected chi connectivity index (χ4v) is 14.6. The molecule has 2 unspecified atom stereocenters. The van der Waals surface area contributed by atoms with Gasteiger partial charge in [-0.2, -0.15) is 0 Å². The molecule has 0 aromatic heterocycles. The van der Waals surface area contributed by atoms with Crippen LogP contribution in [0.4, 0.5) is 0 Å². The molecule has 0 rings (SSSR count). The molecule has 0 saturated carbocycles. The Bertz CT molecular complexity index is 1930. The first kappa shape index (κ1) is 100. The third-order valence-electron chi connectivity index (χ3n) is 19.6. The van der Waals surface area contributed by atoms with Crippen LogP contribution in [0.5, 0.6) is 0 Å². The smallest absolute Gasteiger partial charge is 0.462 e. The lowest BCUT2D eigenvalue weighted by Crippen LogP contribution is -2.30. The van der Waals surface area contributed by atoms with E-state index in [1.165, 1.54) is 270 Å². The second-order valence-electron chi connectivity index (χ2n) is 29.9. The van der Waals surface area contributed by atoms with Gasteiger partial charge in [-0.3, -0.25) is 37.3 Å². The van der Waals surface area contributed by atoms with Crippen molar-refractivity contribution >= 4 is 39.5 Å². The number of esters is 4. The molecule has 0 aliphatic carbocycles. The molecule has 606 valence electrons. The zero-order valence-electron chi connectivity index (χ0n) is 66.6. The number of phosphoric ester groups is 2. The van der Waals surface area contributed by atoms with Gasteiger partial charge in [0, 0.05) is 25.7 Å². The molecule has 19 heteroatoms. The average molecular weight is 1490 g/mol. The number of ether oxygens (including phenoxy) is 4. The monoisotopic (exact) mass is 1490 g/mol. The van der Waals surface area contributed by atoms with Crippen molar-refractivity contribution in [1.29, 1.82) is 0 Å². The third kappa shape index (κ3) is 76.3. The summed E-state index contributed by atoms with van der Waals surface area (Å²) in [6.45, 7) is 5.00. The molecule has 0 aromatic rings. The molecule has 17 nitrogen and oxygen atoms in total. The lowest BCUT2D eigenvalue weighted by Gasteiger charge is -2.21. The van der Waals surface area contributed by atoms with Gasteiger partial charge in [0.05, 0.1) is 26.4 Å². The summed E-state index contributed by atoms with van der Waals surface area (Å²) in [5, 5.41) is 10.6. The van der Waals surface area contributed by atoms with Gasteiger partial charge in [-0.1, -0.05) is 400 Å². The van der Waals surface area contributed by atoms with Gasteiger partial charge in [0.2, 0.25) is 0 Å². The molecule has 102 heavy (non-hydrogen) atoms. The van der Waals surface area contributed by atoms with Crippen LogP contribution in [-0.2, 0) is 65.4 Å². The predicted octanol–water partition coefficient (Wildman–Crippen LogP) is 25.4. The Labute approximate surface area is 626 Å². The highest BCUT2D eigenvalue weighted by atomic mass is 31.2. The molecule has 0 bridgehead atoms. The van der Waals surface area contributed by atoms with Crippen molar-refractivity contribution in [2.75, 3.05) is 39.6 Å². The molecule has 0 radical (unpaired) electrons. The number of hydrogen-bond donors (Lipinski definition) is 3. The van der Waals surface area contributed by atoms with E-state index in [0.717, 1.165) is 103 Å². The number of aliphatic hydroxyl groups is 1. The molecule has 0 fully saturated rings. The van der Waals surface area contributed by atoms with Gasteiger partial charge in [0.15, 0.2) is 12.2 Å². The number of carbonyl (C=O) groups is 4. The van der Waals surface area contributed by atoms with Crippen molar-refractivity contribution in [3.8, 4) is 0 Å². The Morgan fingerprint density at radius 3 is 0.578 bits per heavy atom. The van der Waals surface area contributed by atoms with E-state index in [-0.39, 0.29) is 25.7 Å². The van der Waals surface area contributed by atoms with Crippen molar-refractivity contribution in [3.63, 3.8) is 0 Å². The largest absolute Gasteiger partial charge is 0.472 e. The van der Waals surface area contributed by atoms with E-state index in [4.69, 9.17) is 37.0 Å². The summed E-state index contributed by atoms with van der Waals surface area (Å²) >= 11 is 0. The standard InChI is InChI=1S/C83H162O17P2/c1-5-9-13-17-21-24-27-30-33-36-38-39-40-42-45-48-51-54-58-62-66-70-83(88)100-79(74-94-81(86)68-64-60-56-52-49-46-44-41-37-34-31-28-25-22-18-14-10-6-2)76-98-102(91,92)96-72-77(84)71-95-101(89,90)97-75-78(73-93-80(85)67-63-59-55-20-16-12-8-4)99-82(87)69-65-61-57-53-50-47-43-35-32-29-26-23-19-15-11-7-3/h77-79,84H,5-76H2,1-4H3,(H,89,90)(H,91,92)/t77-,78+,79+/m0/s1. The molecular weight excluding hydrogens is 1330 g/mol. The third-order valence-corrected chi connectivity index (χ3v) is 21.5. The molecule has 0 spiro atoms. The molecule has 0 amide bonds. The zero-order valence-corrected chi connectivity index (χ0v) is 68.4. The molecule has 5 atom stereocenters. The maximum absolute atomic E-state index is 13.1. The number of unbranched alkanes of at least 4 members (excludes halogenated alkanes) is 58. The molecule has 0 saturated heterocycles. The summed E-state index contributed by atoms with van der Waals surface area (Å²) in [5.41, 5.74) is 0. The van der Waals surface area contributed by atoms with E-state index in [1.54, 1.807) is 0 Å². The van der Waals surface area contributed by atoms with Crippen LogP contribution in [0.3, 0.4) is 0 Å². The van der Waals surface area contributed by atoms with Crippen molar-refractivity contribution in [1.82, 2.24) is 0 Å². The van der Waals surface area contributed by atoms with E-state index < -0.39 is 97.5 Å². The summed E-state index contributed by atoms with van der Waals surface area (Å²) in [6, 6.07) is 0. The first-order chi connectivity index (χ1) is 49.7. The first-order valence-corrected chi connectivity index (χ1v) is 46.3. The number of hydrogen-bond acceptors (Lipinski definition) is 15. The highest BCUT2D eigenvalue weighted by molar-refractivity contribution is 7.47. The molecule has 3 N–H and O–H groups in total. The van der Waals surface area contributed by atoms with Gasteiger partial charge in [-0.05, 0) is 25.7 Å². The molecular formula is C83H162O17P2. The first-order valence-electron chi connectivity index (χ1n) is 43.3. The SMILES string of the molecule is CCCCCCCCCCCCCCCCCCCCCCCC(=O)O[C@H](COC(=O)CCCCCCCCCCCCCCCCCCCC)COP(=O)(O)OC[C@@H](O)COP(=O)(O)OC[C@@H](COC(=O)CCCCCCCCC)OC(=O)CCCCCCCCCCCCCCCCCC. The second kappa shape index (κ2) is 77.2. The van der Waals surface area contributed by atoms with Crippen molar-refractivity contribution in [2.24, 2.45) is 0 Å². The van der Waals surface area contributed by atoms with Crippen molar-refractivity contribution < 1.29 is 80.2 Å². The Morgan fingerprint density at radius 2 is 0.392 bits per heavy atom. The summed E-state index contributed by atoms with van der Waals surface area (Å²) in [7, 11) is -9.91. The quantitative estimate of drug-likeness (QED) is 0.0222. The number of phosphoric acid groups is 2. The normalized spacial score (nSPS) is 13.8.